The Bertz CT molecular complexity index is 242. The van der Waals surface area contributed by atoms with Crippen LogP contribution >= 0.6 is 0 Å². The van der Waals surface area contributed by atoms with Crippen molar-refractivity contribution >= 4 is 0 Å². The first-order valence-corrected chi connectivity index (χ1v) is 7.42. The fraction of sp³-hybridized carbons (Fsp3) is 1.00. The molecular weight excluding hydrogens is 228 g/mol. The van der Waals surface area contributed by atoms with Crippen LogP contribution in [0.5, 0.6) is 0 Å². The minimum Gasteiger partial charge on any atom is -0.395 e. The summed E-state index contributed by atoms with van der Waals surface area (Å²) in [4.78, 5) is 2.47. The van der Waals surface area contributed by atoms with Crippen molar-refractivity contribution < 1.29 is 9.84 Å². The Balaban J connectivity index is 1.99. The van der Waals surface area contributed by atoms with E-state index in [1.54, 1.807) is 0 Å². The summed E-state index contributed by atoms with van der Waals surface area (Å²) >= 11 is 0. The lowest BCUT2D eigenvalue weighted by Crippen LogP contribution is -2.51. The van der Waals surface area contributed by atoms with Crippen LogP contribution in [0.15, 0.2) is 0 Å². The number of likely N-dealkylation sites (tertiary alicyclic amines) is 1. The van der Waals surface area contributed by atoms with Crippen LogP contribution in [0.2, 0.25) is 0 Å². The monoisotopic (exact) mass is 256 g/mol. The van der Waals surface area contributed by atoms with Gasteiger partial charge in [0.05, 0.1) is 13.2 Å². The van der Waals surface area contributed by atoms with E-state index >= 15 is 0 Å². The molecule has 2 heterocycles. The molecule has 2 fully saturated rings. The van der Waals surface area contributed by atoms with Crippen molar-refractivity contribution in [1.82, 2.24) is 4.90 Å². The van der Waals surface area contributed by atoms with E-state index in [-0.39, 0.29) is 12.0 Å². The summed E-state index contributed by atoms with van der Waals surface area (Å²) in [5, 5.41) is 9.57. The molecule has 2 atom stereocenters. The molecule has 4 nitrogen and oxygen atoms in total. The van der Waals surface area contributed by atoms with Crippen molar-refractivity contribution in [2.45, 2.75) is 44.6 Å². The molecule has 0 amide bonds. The van der Waals surface area contributed by atoms with E-state index in [4.69, 9.17) is 10.5 Å². The van der Waals surface area contributed by atoms with Crippen molar-refractivity contribution in [2.75, 3.05) is 39.5 Å². The Morgan fingerprint density at radius 1 is 1.28 bits per heavy atom. The fourth-order valence-electron chi connectivity index (χ4n) is 3.34. The van der Waals surface area contributed by atoms with Gasteiger partial charge in [0.2, 0.25) is 0 Å². The largest absolute Gasteiger partial charge is 0.395 e. The maximum atomic E-state index is 9.57. The van der Waals surface area contributed by atoms with E-state index in [1.165, 1.54) is 19.3 Å². The molecule has 0 radical (unpaired) electrons. The molecule has 4 heteroatoms. The van der Waals surface area contributed by atoms with E-state index in [1.807, 2.05) is 0 Å². The first-order chi connectivity index (χ1) is 8.79. The molecule has 106 valence electrons. The maximum absolute atomic E-state index is 9.57. The zero-order chi connectivity index (χ0) is 12.8. The number of rotatable bonds is 4. The molecule has 2 aliphatic rings. The Labute approximate surface area is 110 Å². The minimum absolute atomic E-state index is 0.121. The highest BCUT2D eigenvalue weighted by Gasteiger charge is 2.35. The molecule has 0 spiro atoms. The molecule has 2 unspecified atom stereocenters. The molecule has 0 aromatic carbocycles. The van der Waals surface area contributed by atoms with Gasteiger partial charge in [-0.1, -0.05) is 12.8 Å². The number of aliphatic hydroxyl groups excluding tert-OH is 1. The number of nitrogens with two attached hydrogens (primary N) is 1. The van der Waals surface area contributed by atoms with Gasteiger partial charge in [0, 0.05) is 31.2 Å². The predicted octanol–water partition coefficient (Wildman–Crippen LogP) is 0.979. The summed E-state index contributed by atoms with van der Waals surface area (Å²) in [7, 11) is 0. The van der Waals surface area contributed by atoms with Crippen LogP contribution in [-0.2, 0) is 4.74 Å². The van der Waals surface area contributed by atoms with Crippen LogP contribution in [-0.4, -0.2) is 55.5 Å². The van der Waals surface area contributed by atoms with Crippen molar-refractivity contribution in [1.29, 1.82) is 0 Å². The molecule has 2 rings (SSSR count). The second kappa shape index (κ2) is 6.85. The molecule has 0 aromatic rings. The lowest BCUT2D eigenvalue weighted by molar-refractivity contribution is -0.0325. The Hall–Kier alpha value is -0.160. The number of aliphatic hydroxyl groups is 1. The zero-order valence-corrected chi connectivity index (χ0v) is 11.4. The third-order valence-corrected chi connectivity index (χ3v) is 4.59. The maximum Gasteiger partial charge on any atom is 0.0586 e. The molecule has 3 N–H and O–H groups in total. The highest BCUT2D eigenvalue weighted by molar-refractivity contribution is 4.88. The van der Waals surface area contributed by atoms with E-state index in [2.05, 4.69) is 4.90 Å². The van der Waals surface area contributed by atoms with Crippen molar-refractivity contribution in [3.8, 4) is 0 Å². The van der Waals surface area contributed by atoms with Crippen LogP contribution in [0.25, 0.3) is 0 Å². The first kappa shape index (κ1) is 14.3. The van der Waals surface area contributed by atoms with Gasteiger partial charge in [0.1, 0.15) is 0 Å². The summed E-state index contributed by atoms with van der Waals surface area (Å²) in [6.07, 6.45) is 7.19. The topological polar surface area (TPSA) is 58.7 Å². The summed E-state index contributed by atoms with van der Waals surface area (Å²) in [5.74, 6) is 0. The average Bonchev–Trinajstić information content (AvgIpc) is 2.65. The van der Waals surface area contributed by atoms with Crippen LogP contribution in [0.1, 0.15) is 38.5 Å². The molecule has 18 heavy (non-hydrogen) atoms. The summed E-state index contributed by atoms with van der Waals surface area (Å²) in [6.45, 7) is 4.74. The number of nitrogens with zero attached hydrogens (tertiary/aromatic N) is 1. The third-order valence-electron chi connectivity index (χ3n) is 4.59. The zero-order valence-electron chi connectivity index (χ0n) is 11.4. The van der Waals surface area contributed by atoms with Crippen LogP contribution in [0, 0.1) is 5.41 Å². The molecule has 0 bridgehead atoms. The lowest BCUT2D eigenvalue weighted by atomic mass is 9.81. The summed E-state index contributed by atoms with van der Waals surface area (Å²) in [5.41, 5.74) is 6.13. The average molecular weight is 256 g/mol. The van der Waals surface area contributed by atoms with Crippen molar-refractivity contribution in [3.63, 3.8) is 0 Å². The van der Waals surface area contributed by atoms with Crippen molar-refractivity contribution in [2.24, 2.45) is 11.1 Å². The van der Waals surface area contributed by atoms with E-state index < -0.39 is 0 Å². The lowest BCUT2D eigenvalue weighted by Gasteiger charge is -2.42. The first-order valence-electron chi connectivity index (χ1n) is 7.42. The third kappa shape index (κ3) is 3.44. The molecule has 0 aliphatic carbocycles. The van der Waals surface area contributed by atoms with Crippen LogP contribution in [0.4, 0.5) is 0 Å². The van der Waals surface area contributed by atoms with E-state index in [0.29, 0.717) is 12.6 Å². The number of hydrogen-bond donors (Lipinski definition) is 2. The standard InChI is InChI=1S/C14H28N2O2/c15-10-14(6-4-8-18-12-14)11-16-7-3-1-2-5-13(16)9-17/h13,17H,1-12,15H2. The second-order valence-corrected chi connectivity index (χ2v) is 6.02. The summed E-state index contributed by atoms with van der Waals surface area (Å²) < 4.78 is 5.65. The van der Waals surface area contributed by atoms with Gasteiger partial charge in [0.25, 0.3) is 0 Å². The second-order valence-electron chi connectivity index (χ2n) is 6.02. The highest BCUT2D eigenvalue weighted by Crippen LogP contribution is 2.30. The van der Waals surface area contributed by atoms with Gasteiger partial charge in [0.15, 0.2) is 0 Å². The smallest absolute Gasteiger partial charge is 0.0586 e. The minimum atomic E-state index is 0.121. The molecule has 2 aliphatic heterocycles. The number of hydrogen-bond acceptors (Lipinski definition) is 4. The molecule has 2 saturated heterocycles. The highest BCUT2D eigenvalue weighted by atomic mass is 16.5. The van der Waals surface area contributed by atoms with Gasteiger partial charge >= 0.3 is 0 Å². The molecular formula is C14H28N2O2. The predicted molar refractivity (Wildman–Crippen MR) is 72.5 cm³/mol. The quantitative estimate of drug-likeness (QED) is 0.787. The normalized spacial score (nSPS) is 35.3. The van der Waals surface area contributed by atoms with Gasteiger partial charge in [-0.15, -0.1) is 0 Å². The summed E-state index contributed by atoms with van der Waals surface area (Å²) in [6, 6.07) is 0.331. The van der Waals surface area contributed by atoms with Crippen LogP contribution in [0.3, 0.4) is 0 Å². The molecule has 0 aromatic heterocycles. The van der Waals surface area contributed by atoms with Gasteiger partial charge in [-0.2, -0.15) is 0 Å². The van der Waals surface area contributed by atoms with Crippen molar-refractivity contribution in [3.05, 3.63) is 0 Å². The Kier molecular flexibility index (Phi) is 5.42. The van der Waals surface area contributed by atoms with Gasteiger partial charge in [-0.05, 0) is 32.2 Å². The Morgan fingerprint density at radius 3 is 2.83 bits per heavy atom. The van der Waals surface area contributed by atoms with Gasteiger partial charge < -0.3 is 15.6 Å². The van der Waals surface area contributed by atoms with Gasteiger partial charge in [-0.3, -0.25) is 4.90 Å². The molecule has 0 saturated carbocycles. The van der Waals surface area contributed by atoms with E-state index in [0.717, 1.165) is 45.6 Å². The van der Waals surface area contributed by atoms with E-state index in [9.17, 15) is 5.11 Å². The SMILES string of the molecule is NCC1(CN2CCCCCC2CO)CCCOC1. The number of ether oxygens (including phenoxy) is 1. The van der Waals surface area contributed by atoms with Gasteiger partial charge in [-0.25, -0.2) is 0 Å². The van der Waals surface area contributed by atoms with Crippen LogP contribution < -0.4 is 5.73 Å². The fourth-order valence-corrected chi connectivity index (χ4v) is 3.34. The Morgan fingerprint density at radius 2 is 2.17 bits per heavy atom.